The van der Waals surface area contributed by atoms with E-state index in [1.807, 2.05) is 68.4 Å². The summed E-state index contributed by atoms with van der Waals surface area (Å²) in [7, 11) is 1.31. The van der Waals surface area contributed by atoms with Crippen LogP contribution in [0.2, 0.25) is 0 Å². The van der Waals surface area contributed by atoms with E-state index in [4.69, 9.17) is 18.9 Å². The molecule has 3 aromatic carbocycles. The van der Waals surface area contributed by atoms with Crippen molar-refractivity contribution in [1.82, 2.24) is 4.57 Å². The number of benzene rings is 3. The molecule has 0 unspecified atom stereocenters. The number of fused-ring (bicyclic) bond motifs is 1. The number of para-hydroxylation sites is 1. The van der Waals surface area contributed by atoms with Crippen molar-refractivity contribution in [3.05, 3.63) is 119 Å². The van der Waals surface area contributed by atoms with Crippen LogP contribution >= 0.6 is 27.3 Å². The normalized spacial score (nSPS) is 14.4. The number of hydrogen-bond donors (Lipinski definition) is 0. The predicted molar refractivity (Wildman–Crippen MR) is 165 cm³/mol. The second kappa shape index (κ2) is 13.2. The third-order valence-electron chi connectivity index (χ3n) is 6.52. The van der Waals surface area contributed by atoms with E-state index >= 15 is 0 Å². The summed E-state index contributed by atoms with van der Waals surface area (Å²) in [6.45, 7) is 5.04. The average Bonchev–Trinajstić information content (AvgIpc) is 3.32. The van der Waals surface area contributed by atoms with E-state index in [1.54, 1.807) is 18.2 Å². The second-order valence-electron chi connectivity index (χ2n) is 9.20. The molecule has 1 aromatic heterocycles. The first-order chi connectivity index (χ1) is 20.4. The maximum absolute atomic E-state index is 14.0. The summed E-state index contributed by atoms with van der Waals surface area (Å²) in [4.78, 5) is 31.7. The first kappa shape index (κ1) is 29.3. The fourth-order valence-electron chi connectivity index (χ4n) is 4.60. The molecule has 8 nitrogen and oxygen atoms in total. The number of hydrogen-bond acceptors (Lipinski definition) is 8. The summed E-state index contributed by atoms with van der Waals surface area (Å²) in [5.41, 5.74) is 2.39. The Bertz CT molecular complexity index is 1810. The van der Waals surface area contributed by atoms with Crippen molar-refractivity contribution < 1.29 is 23.7 Å². The number of rotatable bonds is 10. The van der Waals surface area contributed by atoms with Gasteiger partial charge in [-0.25, -0.2) is 9.79 Å². The maximum atomic E-state index is 14.0. The zero-order chi connectivity index (χ0) is 29.6. The minimum Gasteiger partial charge on any atom is -0.490 e. The average molecular weight is 650 g/mol. The first-order valence-electron chi connectivity index (χ1n) is 13.4. The predicted octanol–water partition coefficient (Wildman–Crippen LogP) is 5.16. The SMILES string of the molecule is CCOc1ccc([C@H]2C(C(=O)OC)=CN=c3s/c(=C\c4ccccc4OCc4ccc(Br)cc4)c(=O)n32)cc1OCC. The van der Waals surface area contributed by atoms with Gasteiger partial charge in [0.15, 0.2) is 16.3 Å². The summed E-state index contributed by atoms with van der Waals surface area (Å²) in [5.74, 6) is 1.18. The van der Waals surface area contributed by atoms with Crippen LogP contribution in [0.3, 0.4) is 0 Å². The highest BCUT2D eigenvalue weighted by atomic mass is 79.9. The second-order valence-corrected chi connectivity index (χ2v) is 11.1. The van der Waals surface area contributed by atoms with Crippen LogP contribution < -0.4 is 29.1 Å². The molecule has 0 radical (unpaired) electrons. The van der Waals surface area contributed by atoms with Crippen LogP contribution in [0.1, 0.15) is 36.6 Å². The van der Waals surface area contributed by atoms with Crippen molar-refractivity contribution >= 4 is 39.3 Å². The number of aromatic nitrogens is 1. The number of methoxy groups -OCH3 is 1. The van der Waals surface area contributed by atoms with Crippen LogP contribution in [-0.2, 0) is 16.1 Å². The number of nitrogens with zero attached hydrogens (tertiary/aromatic N) is 2. The highest BCUT2D eigenvalue weighted by molar-refractivity contribution is 9.10. The van der Waals surface area contributed by atoms with Gasteiger partial charge in [-0.15, -0.1) is 0 Å². The molecule has 1 aliphatic rings. The summed E-state index contributed by atoms with van der Waals surface area (Å²) >= 11 is 4.69. The Kier molecular flexibility index (Phi) is 9.24. The van der Waals surface area contributed by atoms with Crippen molar-refractivity contribution in [1.29, 1.82) is 0 Å². The first-order valence-corrected chi connectivity index (χ1v) is 15.0. The molecular weight excluding hydrogens is 620 g/mol. The number of thiazole rings is 1. The van der Waals surface area contributed by atoms with Gasteiger partial charge in [0.05, 0.1) is 36.5 Å². The summed E-state index contributed by atoms with van der Waals surface area (Å²) in [5, 5.41) is 0. The largest absolute Gasteiger partial charge is 0.490 e. The van der Waals surface area contributed by atoms with E-state index in [0.29, 0.717) is 52.0 Å². The highest BCUT2D eigenvalue weighted by Crippen LogP contribution is 2.35. The molecule has 4 aromatic rings. The summed E-state index contributed by atoms with van der Waals surface area (Å²) in [6, 6.07) is 20.1. The zero-order valence-corrected chi connectivity index (χ0v) is 25.7. The Balaban J connectivity index is 1.57. The lowest BCUT2D eigenvalue weighted by Gasteiger charge is -2.23. The molecule has 0 bridgehead atoms. The van der Waals surface area contributed by atoms with E-state index in [2.05, 4.69) is 20.9 Å². The van der Waals surface area contributed by atoms with Gasteiger partial charge in [0, 0.05) is 16.2 Å². The van der Waals surface area contributed by atoms with Gasteiger partial charge >= 0.3 is 5.97 Å². The van der Waals surface area contributed by atoms with Crippen LogP contribution in [0.5, 0.6) is 17.2 Å². The monoisotopic (exact) mass is 648 g/mol. The van der Waals surface area contributed by atoms with Crippen LogP contribution in [0.4, 0.5) is 0 Å². The van der Waals surface area contributed by atoms with Crippen molar-refractivity contribution in [3.63, 3.8) is 0 Å². The quantitative estimate of drug-likeness (QED) is 0.221. The van der Waals surface area contributed by atoms with E-state index < -0.39 is 12.0 Å². The standard InChI is InChI=1S/C32H29BrN2O6S/c1-4-39-26-15-12-22(16-27(26)40-5-2)29-24(31(37)38-3)18-34-32-35(29)30(36)28(42-32)17-21-8-6-7-9-25(21)41-19-20-10-13-23(33)14-11-20/h6-18,29H,4-5,19H2,1-3H3/b28-17-/t29-/m0/s1. The molecule has 0 N–H and O–H groups in total. The van der Waals surface area contributed by atoms with Gasteiger partial charge in [-0.2, -0.15) is 0 Å². The zero-order valence-electron chi connectivity index (χ0n) is 23.3. The third kappa shape index (κ3) is 6.19. The maximum Gasteiger partial charge on any atom is 0.337 e. The number of halogens is 1. The fraction of sp³-hybridized carbons (Fsp3) is 0.219. The van der Waals surface area contributed by atoms with E-state index in [-0.39, 0.29) is 11.1 Å². The number of carbonyl (C=O) groups is 1. The van der Waals surface area contributed by atoms with Gasteiger partial charge in [-0.05, 0) is 61.4 Å². The molecule has 0 aliphatic carbocycles. The van der Waals surface area contributed by atoms with Gasteiger partial charge in [-0.1, -0.05) is 63.7 Å². The molecule has 0 amide bonds. The molecule has 1 atom stereocenters. The smallest absolute Gasteiger partial charge is 0.337 e. The molecule has 0 saturated heterocycles. The lowest BCUT2D eigenvalue weighted by Crippen LogP contribution is -2.39. The Labute approximate surface area is 255 Å². The molecule has 0 spiro atoms. The number of ether oxygens (including phenoxy) is 4. The van der Waals surface area contributed by atoms with Gasteiger partial charge in [-0.3, -0.25) is 9.36 Å². The highest BCUT2D eigenvalue weighted by Gasteiger charge is 2.31. The molecule has 216 valence electrons. The van der Waals surface area contributed by atoms with Gasteiger partial charge in [0.1, 0.15) is 12.4 Å². The van der Waals surface area contributed by atoms with E-state index in [0.717, 1.165) is 15.6 Å². The lowest BCUT2D eigenvalue weighted by molar-refractivity contribution is -0.136. The van der Waals surface area contributed by atoms with Crippen LogP contribution in [0.15, 0.2) is 92.8 Å². The van der Waals surface area contributed by atoms with Crippen LogP contribution in [0, 0.1) is 0 Å². The van der Waals surface area contributed by atoms with Crippen molar-refractivity contribution in [3.8, 4) is 17.2 Å². The van der Waals surface area contributed by atoms with Gasteiger partial charge < -0.3 is 18.9 Å². The minimum atomic E-state index is -0.769. The van der Waals surface area contributed by atoms with E-state index in [1.165, 1.54) is 29.2 Å². The molecule has 0 saturated carbocycles. The Morgan fingerprint density at radius 1 is 0.976 bits per heavy atom. The molecule has 42 heavy (non-hydrogen) atoms. The molecule has 2 heterocycles. The molecular formula is C32H29BrN2O6S. The summed E-state index contributed by atoms with van der Waals surface area (Å²) in [6.07, 6.45) is 3.26. The Morgan fingerprint density at radius 2 is 1.71 bits per heavy atom. The van der Waals surface area contributed by atoms with E-state index in [9.17, 15) is 9.59 Å². The number of carbonyl (C=O) groups excluding carboxylic acids is 1. The van der Waals surface area contributed by atoms with Crippen LogP contribution in [0.25, 0.3) is 6.08 Å². The molecule has 5 rings (SSSR count). The molecule has 10 heteroatoms. The third-order valence-corrected chi connectivity index (χ3v) is 8.05. The topological polar surface area (TPSA) is 88.4 Å². The molecule has 1 aliphatic heterocycles. The van der Waals surface area contributed by atoms with Gasteiger partial charge in [0.2, 0.25) is 0 Å². The lowest BCUT2D eigenvalue weighted by atomic mass is 9.97. The van der Waals surface area contributed by atoms with Crippen molar-refractivity contribution in [2.75, 3.05) is 20.3 Å². The van der Waals surface area contributed by atoms with Crippen molar-refractivity contribution in [2.45, 2.75) is 26.5 Å². The fourth-order valence-corrected chi connectivity index (χ4v) is 5.83. The summed E-state index contributed by atoms with van der Waals surface area (Å²) < 4.78 is 25.7. The Morgan fingerprint density at radius 3 is 2.45 bits per heavy atom. The van der Waals surface area contributed by atoms with Gasteiger partial charge in [0.25, 0.3) is 5.56 Å². The minimum absolute atomic E-state index is 0.237. The van der Waals surface area contributed by atoms with Crippen molar-refractivity contribution in [2.24, 2.45) is 4.99 Å². The molecule has 0 fully saturated rings. The van der Waals surface area contributed by atoms with Crippen LogP contribution in [-0.4, -0.2) is 30.9 Å². The Hall–Kier alpha value is -4.15. The number of esters is 1.